The lowest BCUT2D eigenvalue weighted by atomic mass is 9.68. The lowest BCUT2D eigenvalue weighted by molar-refractivity contribution is -0.137. The maximum atomic E-state index is 12.6. The first-order valence-corrected chi connectivity index (χ1v) is 6.64. The van der Waals surface area contributed by atoms with Crippen molar-refractivity contribution in [2.24, 2.45) is 5.41 Å². The third kappa shape index (κ3) is 3.30. The van der Waals surface area contributed by atoms with E-state index in [2.05, 4.69) is 0 Å². The van der Waals surface area contributed by atoms with Crippen molar-refractivity contribution in [1.29, 1.82) is 5.26 Å². The van der Waals surface area contributed by atoms with Crippen LogP contribution in [0.2, 0.25) is 0 Å². The zero-order valence-corrected chi connectivity index (χ0v) is 12.9. The lowest BCUT2D eigenvalue weighted by Crippen LogP contribution is -2.43. The third-order valence-corrected chi connectivity index (χ3v) is 3.73. The van der Waals surface area contributed by atoms with E-state index in [1.807, 2.05) is 6.07 Å². The molecule has 6 heteroatoms. The molecule has 0 amide bonds. The first-order chi connectivity index (χ1) is 10.00. The predicted molar refractivity (Wildman–Crippen MR) is 74.8 cm³/mol. The molecule has 1 atom stereocenters. The molecular weight excluding hydrogens is 295 g/mol. The molecule has 0 saturated heterocycles. The van der Waals surface area contributed by atoms with Crippen LogP contribution in [-0.4, -0.2) is 12.9 Å². The average molecular weight is 313 g/mol. The molecular formula is C16H18F3NO2. The van der Waals surface area contributed by atoms with Gasteiger partial charge in [0.2, 0.25) is 0 Å². The van der Waals surface area contributed by atoms with Crippen LogP contribution >= 0.6 is 0 Å². The number of hydrogen-bond acceptors (Lipinski definition) is 3. The fraction of sp³-hybridized carbons (Fsp3) is 0.500. The van der Waals surface area contributed by atoms with Crippen molar-refractivity contribution in [2.75, 3.05) is 7.11 Å². The molecule has 0 aliphatic heterocycles. The van der Waals surface area contributed by atoms with Crippen LogP contribution in [0, 0.1) is 16.7 Å². The Kier molecular flexibility index (Phi) is 5.03. The summed E-state index contributed by atoms with van der Waals surface area (Å²) in [5.41, 5.74) is -2.93. The SMILES string of the molecule is COC(C#N)(c1ccc(C(F)(F)F)cc1)C(C)(C)CC(C)=O. The molecule has 0 radical (unpaired) electrons. The summed E-state index contributed by atoms with van der Waals surface area (Å²) in [5.74, 6) is -0.131. The van der Waals surface area contributed by atoms with Gasteiger partial charge in [0.05, 0.1) is 5.56 Å². The minimum Gasteiger partial charge on any atom is -0.359 e. The highest BCUT2D eigenvalue weighted by molar-refractivity contribution is 5.76. The summed E-state index contributed by atoms with van der Waals surface area (Å²) < 4.78 is 43.3. The molecule has 1 unspecified atom stereocenters. The fourth-order valence-electron chi connectivity index (χ4n) is 2.69. The van der Waals surface area contributed by atoms with Crippen molar-refractivity contribution in [1.82, 2.24) is 0 Å². The van der Waals surface area contributed by atoms with Crippen molar-refractivity contribution >= 4 is 5.78 Å². The summed E-state index contributed by atoms with van der Waals surface area (Å²) in [7, 11) is 1.31. The van der Waals surface area contributed by atoms with Crippen LogP contribution in [0.1, 0.15) is 38.3 Å². The number of nitriles is 1. The Labute approximate surface area is 127 Å². The summed E-state index contributed by atoms with van der Waals surface area (Å²) in [6.45, 7) is 4.75. The van der Waals surface area contributed by atoms with E-state index in [1.165, 1.54) is 26.2 Å². The second-order valence-electron chi connectivity index (χ2n) is 5.83. The smallest absolute Gasteiger partial charge is 0.359 e. The Balaban J connectivity index is 3.38. The Bertz CT molecular complexity index is 585. The Morgan fingerprint density at radius 3 is 1.95 bits per heavy atom. The van der Waals surface area contributed by atoms with E-state index in [-0.39, 0.29) is 17.8 Å². The molecule has 0 aliphatic carbocycles. The average Bonchev–Trinajstić information content (AvgIpc) is 2.38. The lowest BCUT2D eigenvalue weighted by Gasteiger charge is -2.40. The van der Waals surface area contributed by atoms with Gasteiger partial charge in [0.25, 0.3) is 0 Å². The van der Waals surface area contributed by atoms with Gasteiger partial charge in [-0.1, -0.05) is 26.0 Å². The number of nitrogens with zero attached hydrogens (tertiary/aromatic N) is 1. The van der Waals surface area contributed by atoms with Crippen molar-refractivity contribution in [3.8, 4) is 6.07 Å². The molecule has 1 aromatic rings. The molecule has 0 aliphatic rings. The van der Waals surface area contributed by atoms with Gasteiger partial charge in [-0.05, 0) is 24.6 Å². The van der Waals surface area contributed by atoms with Crippen molar-refractivity contribution < 1.29 is 22.7 Å². The third-order valence-electron chi connectivity index (χ3n) is 3.73. The van der Waals surface area contributed by atoms with Gasteiger partial charge >= 0.3 is 6.18 Å². The van der Waals surface area contributed by atoms with Crippen LogP contribution < -0.4 is 0 Å². The predicted octanol–water partition coefficient (Wildman–Crippen LogP) is 4.08. The molecule has 22 heavy (non-hydrogen) atoms. The molecule has 0 spiro atoms. The number of ketones is 1. The van der Waals surface area contributed by atoms with E-state index in [0.717, 1.165) is 12.1 Å². The standard InChI is InChI=1S/C16H18F3NO2/c1-11(21)9-14(2,3)15(10-20,22-4)12-5-7-13(8-6-12)16(17,18)19/h5-8H,9H2,1-4H3. The van der Waals surface area contributed by atoms with Gasteiger partial charge in [-0.25, -0.2) is 0 Å². The number of alkyl halides is 3. The summed E-state index contributed by atoms with van der Waals surface area (Å²) in [6, 6.07) is 6.28. The molecule has 0 N–H and O–H groups in total. The Morgan fingerprint density at radius 1 is 1.18 bits per heavy atom. The quantitative estimate of drug-likeness (QED) is 0.823. The second-order valence-corrected chi connectivity index (χ2v) is 5.83. The summed E-state index contributed by atoms with van der Waals surface area (Å²) >= 11 is 0. The van der Waals surface area contributed by atoms with Crippen LogP contribution in [0.25, 0.3) is 0 Å². The summed E-state index contributed by atoms with van der Waals surface area (Å²) in [6.07, 6.45) is -4.38. The van der Waals surface area contributed by atoms with Gasteiger partial charge in [-0.15, -0.1) is 0 Å². The molecule has 0 saturated carbocycles. The maximum absolute atomic E-state index is 12.6. The van der Waals surface area contributed by atoms with E-state index in [4.69, 9.17) is 4.74 Å². The van der Waals surface area contributed by atoms with Crippen LogP contribution in [0.5, 0.6) is 0 Å². The normalized spacial score (nSPS) is 15.0. The van der Waals surface area contributed by atoms with Crippen molar-refractivity contribution in [2.45, 2.75) is 39.0 Å². The number of hydrogen-bond donors (Lipinski definition) is 0. The van der Waals surface area contributed by atoms with Crippen LogP contribution in [0.15, 0.2) is 24.3 Å². The molecule has 0 heterocycles. The van der Waals surface area contributed by atoms with Gasteiger partial charge in [0.1, 0.15) is 11.9 Å². The molecule has 1 rings (SSSR count). The molecule has 0 bridgehead atoms. The van der Waals surface area contributed by atoms with E-state index in [9.17, 15) is 23.2 Å². The minimum absolute atomic E-state index is 0.0649. The minimum atomic E-state index is -4.45. The Hall–Kier alpha value is -1.87. The zero-order chi connectivity index (χ0) is 17.2. The number of methoxy groups -OCH3 is 1. The van der Waals surface area contributed by atoms with E-state index in [1.54, 1.807) is 13.8 Å². The molecule has 0 fully saturated rings. The van der Waals surface area contributed by atoms with Crippen molar-refractivity contribution in [3.63, 3.8) is 0 Å². The van der Waals surface area contributed by atoms with E-state index < -0.39 is 22.8 Å². The zero-order valence-electron chi connectivity index (χ0n) is 12.9. The number of Topliss-reactive ketones (excluding diaryl/α,β-unsaturated/α-hetero) is 1. The molecule has 0 aromatic heterocycles. The van der Waals surface area contributed by atoms with Crippen LogP contribution in [-0.2, 0) is 21.3 Å². The van der Waals surface area contributed by atoms with Crippen LogP contribution in [0.3, 0.4) is 0 Å². The largest absolute Gasteiger partial charge is 0.416 e. The number of carbonyl (C=O) groups is 1. The first kappa shape index (κ1) is 18.2. The van der Waals surface area contributed by atoms with Gasteiger partial charge in [-0.3, -0.25) is 0 Å². The van der Waals surface area contributed by atoms with Gasteiger partial charge < -0.3 is 9.53 Å². The second kappa shape index (κ2) is 6.09. The summed E-state index contributed by atoms with van der Waals surface area (Å²) in [4.78, 5) is 11.4. The number of ether oxygens (including phenoxy) is 1. The molecule has 1 aromatic carbocycles. The van der Waals surface area contributed by atoms with Gasteiger partial charge in [0.15, 0.2) is 5.60 Å². The van der Waals surface area contributed by atoms with Gasteiger partial charge in [0, 0.05) is 18.9 Å². The molecule has 120 valence electrons. The number of halogens is 3. The topological polar surface area (TPSA) is 50.1 Å². The first-order valence-electron chi connectivity index (χ1n) is 6.64. The highest BCUT2D eigenvalue weighted by Crippen LogP contribution is 2.45. The Morgan fingerprint density at radius 2 is 1.64 bits per heavy atom. The fourth-order valence-corrected chi connectivity index (χ4v) is 2.69. The summed E-state index contributed by atoms with van der Waals surface area (Å²) in [5, 5.41) is 9.60. The highest BCUT2D eigenvalue weighted by Gasteiger charge is 2.48. The monoisotopic (exact) mass is 313 g/mol. The van der Waals surface area contributed by atoms with Crippen LogP contribution in [0.4, 0.5) is 13.2 Å². The highest BCUT2D eigenvalue weighted by atomic mass is 19.4. The number of carbonyl (C=O) groups excluding carboxylic acids is 1. The molecule has 3 nitrogen and oxygen atoms in total. The van der Waals surface area contributed by atoms with E-state index in [0.29, 0.717) is 0 Å². The van der Waals surface area contributed by atoms with Gasteiger partial charge in [-0.2, -0.15) is 18.4 Å². The maximum Gasteiger partial charge on any atom is 0.416 e. The number of benzene rings is 1. The van der Waals surface area contributed by atoms with Crippen molar-refractivity contribution in [3.05, 3.63) is 35.4 Å². The van der Waals surface area contributed by atoms with E-state index >= 15 is 0 Å². The number of rotatable bonds is 5.